The predicted molar refractivity (Wildman–Crippen MR) is 81.2 cm³/mol. The van der Waals surface area contributed by atoms with Crippen molar-refractivity contribution < 1.29 is 4.74 Å². The van der Waals surface area contributed by atoms with Gasteiger partial charge in [0.25, 0.3) is 0 Å². The van der Waals surface area contributed by atoms with Gasteiger partial charge in [-0.2, -0.15) is 5.10 Å². The first-order chi connectivity index (χ1) is 10.2. The quantitative estimate of drug-likeness (QED) is 0.842. The molecule has 2 aromatic rings. The summed E-state index contributed by atoms with van der Waals surface area (Å²) in [5, 5.41) is 7.54. The van der Waals surface area contributed by atoms with E-state index < -0.39 is 0 Å². The molecule has 3 heterocycles. The fourth-order valence-electron chi connectivity index (χ4n) is 2.46. The summed E-state index contributed by atoms with van der Waals surface area (Å²) in [7, 11) is 0. The summed E-state index contributed by atoms with van der Waals surface area (Å²) in [6.07, 6.45) is 3.46. The van der Waals surface area contributed by atoms with Gasteiger partial charge in [0, 0.05) is 30.9 Å². The van der Waals surface area contributed by atoms with Gasteiger partial charge in [0.2, 0.25) is 0 Å². The van der Waals surface area contributed by atoms with Crippen molar-refractivity contribution in [3.8, 4) is 0 Å². The first-order valence-electron chi connectivity index (χ1n) is 7.31. The molecule has 1 atom stereocenters. The predicted octanol–water partition coefficient (Wildman–Crippen LogP) is 1.76. The van der Waals surface area contributed by atoms with Gasteiger partial charge < -0.3 is 4.74 Å². The van der Waals surface area contributed by atoms with Gasteiger partial charge in [0.1, 0.15) is 12.7 Å². The van der Waals surface area contributed by atoms with Crippen molar-refractivity contribution in [2.45, 2.75) is 39.0 Å². The third kappa shape index (κ3) is 3.87. The van der Waals surface area contributed by atoms with Crippen molar-refractivity contribution in [2.75, 3.05) is 19.7 Å². The number of morpholine rings is 1. The highest BCUT2D eigenvalue weighted by Crippen LogP contribution is 2.20. The van der Waals surface area contributed by atoms with Gasteiger partial charge in [0.15, 0.2) is 0 Å². The lowest BCUT2D eigenvalue weighted by Crippen LogP contribution is -2.43. The van der Waals surface area contributed by atoms with Crippen LogP contribution in [0.3, 0.4) is 0 Å². The second kappa shape index (κ2) is 6.64. The molecule has 114 valence electrons. The summed E-state index contributed by atoms with van der Waals surface area (Å²) in [4.78, 5) is 11.1. The third-order valence-electron chi connectivity index (χ3n) is 3.53. The second-order valence-corrected chi connectivity index (χ2v) is 6.57. The fraction of sp³-hybridized carbons (Fsp3) is 0.643. The van der Waals surface area contributed by atoms with Gasteiger partial charge in [-0.05, 0) is 0 Å². The maximum Gasteiger partial charge on any atom is 0.137 e. The second-order valence-electron chi connectivity index (χ2n) is 5.68. The van der Waals surface area contributed by atoms with E-state index in [4.69, 9.17) is 9.72 Å². The van der Waals surface area contributed by atoms with Crippen LogP contribution in [0.1, 0.15) is 30.5 Å². The molecular weight excluding hydrogens is 286 g/mol. The van der Waals surface area contributed by atoms with Crippen LogP contribution in [0, 0.1) is 0 Å². The lowest BCUT2D eigenvalue weighted by atomic mass is 10.2. The zero-order chi connectivity index (χ0) is 14.7. The molecule has 0 N–H and O–H groups in total. The number of hydrogen-bond donors (Lipinski definition) is 0. The topological polar surface area (TPSA) is 56.1 Å². The van der Waals surface area contributed by atoms with E-state index in [0.717, 1.165) is 32.8 Å². The Hall–Kier alpha value is -1.31. The van der Waals surface area contributed by atoms with Gasteiger partial charge in [-0.15, -0.1) is 11.3 Å². The van der Waals surface area contributed by atoms with Crippen LogP contribution < -0.4 is 0 Å². The first kappa shape index (κ1) is 14.6. The lowest BCUT2D eigenvalue weighted by Gasteiger charge is -2.32. The number of nitrogens with zero attached hydrogens (tertiary/aromatic N) is 5. The molecule has 3 rings (SSSR count). The molecule has 1 aliphatic heterocycles. The van der Waals surface area contributed by atoms with E-state index in [1.54, 1.807) is 24.0 Å². The van der Waals surface area contributed by atoms with Crippen LogP contribution >= 0.6 is 11.3 Å². The Morgan fingerprint density at radius 2 is 2.38 bits per heavy atom. The van der Waals surface area contributed by atoms with Crippen molar-refractivity contribution in [2.24, 2.45) is 0 Å². The van der Waals surface area contributed by atoms with Crippen molar-refractivity contribution in [3.63, 3.8) is 0 Å². The van der Waals surface area contributed by atoms with E-state index in [0.29, 0.717) is 5.92 Å². The first-order valence-corrected chi connectivity index (χ1v) is 8.19. The molecule has 1 fully saturated rings. The summed E-state index contributed by atoms with van der Waals surface area (Å²) >= 11 is 1.76. The third-order valence-corrected chi connectivity index (χ3v) is 4.72. The van der Waals surface area contributed by atoms with E-state index in [2.05, 4.69) is 34.2 Å². The van der Waals surface area contributed by atoms with E-state index in [-0.39, 0.29) is 6.10 Å². The Morgan fingerprint density at radius 3 is 3.10 bits per heavy atom. The molecule has 0 saturated carbocycles. The minimum absolute atomic E-state index is 0.170. The molecule has 6 nitrogen and oxygen atoms in total. The van der Waals surface area contributed by atoms with Crippen molar-refractivity contribution in [1.29, 1.82) is 0 Å². The van der Waals surface area contributed by atoms with E-state index in [1.165, 1.54) is 10.7 Å². The molecule has 0 bridgehead atoms. The van der Waals surface area contributed by atoms with Gasteiger partial charge in [-0.1, -0.05) is 13.8 Å². The molecule has 21 heavy (non-hydrogen) atoms. The van der Waals surface area contributed by atoms with Crippen LogP contribution in [0.5, 0.6) is 0 Å². The van der Waals surface area contributed by atoms with Crippen LogP contribution in [0.15, 0.2) is 18.0 Å². The van der Waals surface area contributed by atoms with Gasteiger partial charge >= 0.3 is 0 Å². The summed E-state index contributed by atoms with van der Waals surface area (Å²) in [5.41, 5.74) is 1.17. The molecular formula is C14H21N5OS. The summed E-state index contributed by atoms with van der Waals surface area (Å²) < 4.78 is 7.64. The van der Waals surface area contributed by atoms with E-state index in [1.807, 2.05) is 4.68 Å². The van der Waals surface area contributed by atoms with Crippen LogP contribution in [-0.2, 0) is 17.8 Å². The lowest BCUT2D eigenvalue weighted by molar-refractivity contribution is -0.0405. The van der Waals surface area contributed by atoms with Crippen LogP contribution in [0.4, 0.5) is 0 Å². The van der Waals surface area contributed by atoms with Crippen molar-refractivity contribution in [3.05, 3.63) is 28.7 Å². The standard InChI is InChI=1S/C14H21N5OS/c1-11(2)14-17-12(8-21-14)5-18-3-4-20-13(6-18)7-19-10-15-9-16-19/h8-11,13H,3-7H2,1-2H3/t13-/m1/s1. The van der Waals surface area contributed by atoms with Crippen LogP contribution in [-0.4, -0.2) is 50.4 Å². The summed E-state index contributed by atoms with van der Waals surface area (Å²) in [5.74, 6) is 0.508. The number of thiazole rings is 1. The Morgan fingerprint density at radius 1 is 1.48 bits per heavy atom. The highest BCUT2D eigenvalue weighted by atomic mass is 32.1. The molecule has 2 aromatic heterocycles. The molecule has 0 spiro atoms. The average molecular weight is 307 g/mol. The monoisotopic (exact) mass is 307 g/mol. The molecule has 0 aliphatic carbocycles. The normalized spacial score (nSPS) is 20.2. The zero-order valence-electron chi connectivity index (χ0n) is 12.5. The Bertz CT molecular complexity index is 553. The molecule has 0 unspecified atom stereocenters. The highest BCUT2D eigenvalue weighted by molar-refractivity contribution is 7.09. The van der Waals surface area contributed by atoms with E-state index in [9.17, 15) is 0 Å². The summed E-state index contributed by atoms with van der Waals surface area (Å²) in [6, 6.07) is 0. The average Bonchev–Trinajstić information content (AvgIpc) is 3.11. The highest BCUT2D eigenvalue weighted by Gasteiger charge is 2.22. The Kier molecular flexibility index (Phi) is 4.62. The number of aromatic nitrogens is 4. The van der Waals surface area contributed by atoms with E-state index >= 15 is 0 Å². The molecule has 0 amide bonds. The smallest absolute Gasteiger partial charge is 0.137 e. The number of hydrogen-bond acceptors (Lipinski definition) is 6. The SMILES string of the molecule is CC(C)c1nc(CN2CCO[C@@H](Cn3cncn3)C2)cs1. The fourth-order valence-corrected chi connectivity index (χ4v) is 3.29. The number of rotatable bonds is 5. The van der Waals surface area contributed by atoms with Gasteiger partial charge in [-0.3, -0.25) is 9.58 Å². The molecule has 0 aromatic carbocycles. The van der Waals surface area contributed by atoms with Crippen LogP contribution in [0.25, 0.3) is 0 Å². The minimum Gasteiger partial charge on any atom is -0.374 e. The van der Waals surface area contributed by atoms with Crippen LogP contribution in [0.2, 0.25) is 0 Å². The van der Waals surface area contributed by atoms with Crippen molar-refractivity contribution in [1.82, 2.24) is 24.6 Å². The summed E-state index contributed by atoms with van der Waals surface area (Å²) in [6.45, 7) is 8.67. The molecule has 1 saturated heterocycles. The van der Waals surface area contributed by atoms with Gasteiger partial charge in [-0.25, -0.2) is 9.97 Å². The minimum atomic E-state index is 0.170. The molecule has 0 radical (unpaired) electrons. The maximum absolute atomic E-state index is 5.81. The van der Waals surface area contributed by atoms with Crippen molar-refractivity contribution >= 4 is 11.3 Å². The Labute approximate surface area is 128 Å². The largest absolute Gasteiger partial charge is 0.374 e. The molecule has 7 heteroatoms. The van der Waals surface area contributed by atoms with Gasteiger partial charge in [0.05, 0.1) is 30.0 Å². The number of ether oxygens (including phenoxy) is 1. The molecule has 1 aliphatic rings. The zero-order valence-corrected chi connectivity index (χ0v) is 13.3. The maximum atomic E-state index is 5.81. The Balaban J connectivity index is 1.55.